The maximum atomic E-state index is 13.3. The quantitative estimate of drug-likeness (QED) is 0.905. The van der Waals surface area contributed by atoms with Gasteiger partial charge < -0.3 is 5.32 Å². The lowest BCUT2D eigenvalue weighted by Gasteiger charge is -2.32. The molecule has 3 nitrogen and oxygen atoms in total. The summed E-state index contributed by atoms with van der Waals surface area (Å²) in [5.74, 6) is -2.16. The van der Waals surface area contributed by atoms with Crippen molar-refractivity contribution in [1.29, 1.82) is 0 Å². The van der Waals surface area contributed by atoms with Crippen LogP contribution in [-0.2, 0) is 11.3 Å². The van der Waals surface area contributed by atoms with E-state index in [1.165, 1.54) is 17.2 Å². The molecule has 0 spiro atoms. The number of nitrogens with zero attached hydrogens (tertiary/aromatic N) is 1. The van der Waals surface area contributed by atoms with E-state index in [1.807, 2.05) is 6.07 Å². The number of likely N-dealkylation sites (tertiary alicyclic amines) is 1. The van der Waals surface area contributed by atoms with Crippen LogP contribution in [0.2, 0.25) is 0 Å². The number of carbonyl (C=O) groups excluding carboxylic acids is 1. The zero-order valence-electron chi connectivity index (χ0n) is 14.3. The third kappa shape index (κ3) is 4.63. The molecule has 1 atom stereocenters. The molecular weight excluding hydrogens is 322 g/mol. The van der Waals surface area contributed by atoms with Crippen molar-refractivity contribution in [1.82, 2.24) is 4.90 Å². The Hall–Kier alpha value is -2.27. The Morgan fingerprint density at radius 3 is 2.80 bits per heavy atom. The molecule has 1 aliphatic rings. The second-order valence-corrected chi connectivity index (χ2v) is 6.68. The molecule has 0 saturated carbocycles. The van der Waals surface area contributed by atoms with Crippen LogP contribution in [0.1, 0.15) is 24.0 Å². The second-order valence-electron chi connectivity index (χ2n) is 6.68. The Morgan fingerprint density at radius 2 is 2.04 bits per heavy atom. The third-order valence-corrected chi connectivity index (χ3v) is 4.55. The van der Waals surface area contributed by atoms with E-state index in [4.69, 9.17) is 0 Å². The van der Waals surface area contributed by atoms with Gasteiger partial charge in [-0.1, -0.05) is 29.8 Å². The van der Waals surface area contributed by atoms with Gasteiger partial charge >= 0.3 is 0 Å². The normalized spacial score (nSPS) is 18.1. The van der Waals surface area contributed by atoms with Gasteiger partial charge in [0.25, 0.3) is 0 Å². The number of carbonyl (C=O) groups is 1. The zero-order valence-corrected chi connectivity index (χ0v) is 14.3. The van der Waals surface area contributed by atoms with E-state index in [0.29, 0.717) is 12.2 Å². The van der Waals surface area contributed by atoms with Crippen LogP contribution >= 0.6 is 0 Å². The van der Waals surface area contributed by atoms with Crippen LogP contribution in [0.15, 0.2) is 42.5 Å². The predicted molar refractivity (Wildman–Crippen MR) is 94.2 cm³/mol. The third-order valence-electron chi connectivity index (χ3n) is 4.55. The average Bonchev–Trinajstić information content (AvgIpc) is 2.58. The molecule has 1 unspecified atom stereocenters. The largest absolute Gasteiger partial charge is 0.326 e. The second kappa shape index (κ2) is 7.74. The molecule has 0 aliphatic carbocycles. The van der Waals surface area contributed by atoms with Crippen molar-refractivity contribution in [3.63, 3.8) is 0 Å². The van der Waals surface area contributed by atoms with Crippen LogP contribution in [0.3, 0.4) is 0 Å². The van der Waals surface area contributed by atoms with E-state index >= 15 is 0 Å². The first-order valence-electron chi connectivity index (χ1n) is 8.55. The molecule has 2 aromatic carbocycles. The highest BCUT2D eigenvalue weighted by molar-refractivity contribution is 5.92. The highest BCUT2D eigenvalue weighted by atomic mass is 19.2. The molecule has 2 aromatic rings. The van der Waals surface area contributed by atoms with Crippen LogP contribution in [0.5, 0.6) is 0 Å². The van der Waals surface area contributed by atoms with Crippen LogP contribution in [0, 0.1) is 24.5 Å². The maximum Gasteiger partial charge on any atom is 0.228 e. The average molecular weight is 344 g/mol. The Kier molecular flexibility index (Phi) is 5.43. The SMILES string of the molecule is Cc1cccc(CN2CCCC(C(=O)Nc3ccc(F)c(F)c3)C2)c1. The molecule has 0 bridgehead atoms. The molecule has 1 saturated heterocycles. The minimum Gasteiger partial charge on any atom is -0.326 e. The zero-order chi connectivity index (χ0) is 17.8. The summed E-state index contributed by atoms with van der Waals surface area (Å²) in [5.41, 5.74) is 2.75. The molecule has 1 N–H and O–H groups in total. The lowest BCUT2D eigenvalue weighted by Crippen LogP contribution is -2.40. The number of piperidine rings is 1. The number of nitrogens with one attached hydrogen (secondary N) is 1. The Labute approximate surface area is 146 Å². The first-order valence-corrected chi connectivity index (χ1v) is 8.55. The lowest BCUT2D eigenvalue weighted by molar-refractivity contribution is -0.121. The van der Waals surface area contributed by atoms with Gasteiger partial charge in [-0.3, -0.25) is 9.69 Å². The number of rotatable bonds is 4. The molecule has 3 rings (SSSR count). The van der Waals surface area contributed by atoms with Gasteiger partial charge in [0.2, 0.25) is 5.91 Å². The number of hydrogen-bond acceptors (Lipinski definition) is 2. The maximum absolute atomic E-state index is 13.3. The molecule has 1 aliphatic heterocycles. The topological polar surface area (TPSA) is 32.3 Å². The van der Waals surface area contributed by atoms with Crippen molar-refractivity contribution >= 4 is 11.6 Å². The summed E-state index contributed by atoms with van der Waals surface area (Å²) in [6.07, 6.45) is 1.75. The minimum absolute atomic E-state index is 0.139. The fraction of sp³-hybridized carbons (Fsp3) is 0.350. The van der Waals surface area contributed by atoms with Crippen molar-refractivity contribution in [3.05, 3.63) is 65.2 Å². The number of anilines is 1. The van der Waals surface area contributed by atoms with E-state index in [2.05, 4.69) is 35.3 Å². The van der Waals surface area contributed by atoms with Gasteiger partial charge in [-0.2, -0.15) is 0 Å². The first-order chi connectivity index (χ1) is 12.0. The van der Waals surface area contributed by atoms with Gasteiger partial charge in [-0.15, -0.1) is 0 Å². The molecule has 25 heavy (non-hydrogen) atoms. The highest BCUT2D eigenvalue weighted by Crippen LogP contribution is 2.21. The van der Waals surface area contributed by atoms with E-state index < -0.39 is 11.6 Å². The van der Waals surface area contributed by atoms with E-state index in [-0.39, 0.29) is 11.8 Å². The molecule has 1 heterocycles. The number of hydrogen-bond donors (Lipinski definition) is 1. The minimum atomic E-state index is -0.956. The summed E-state index contributed by atoms with van der Waals surface area (Å²) in [4.78, 5) is 14.7. The smallest absolute Gasteiger partial charge is 0.228 e. The van der Waals surface area contributed by atoms with E-state index in [0.717, 1.165) is 38.1 Å². The molecule has 5 heteroatoms. The van der Waals surface area contributed by atoms with Crippen LogP contribution in [0.25, 0.3) is 0 Å². The van der Waals surface area contributed by atoms with Crippen molar-refractivity contribution < 1.29 is 13.6 Å². The van der Waals surface area contributed by atoms with Gasteiger partial charge in [0.1, 0.15) is 0 Å². The summed E-state index contributed by atoms with van der Waals surface area (Å²) >= 11 is 0. The van der Waals surface area contributed by atoms with Gasteiger partial charge in [-0.25, -0.2) is 8.78 Å². The molecule has 0 aromatic heterocycles. The lowest BCUT2D eigenvalue weighted by atomic mass is 9.96. The van der Waals surface area contributed by atoms with Crippen LogP contribution < -0.4 is 5.32 Å². The number of halogens is 2. The Morgan fingerprint density at radius 1 is 1.20 bits per heavy atom. The van der Waals surface area contributed by atoms with Crippen molar-refractivity contribution in [2.24, 2.45) is 5.92 Å². The van der Waals surface area contributed by atoms with Gasteiger partial charge in [-0.05, 0) is 44.0 Å². The fourth-order valence-corrected chi connectivity index (χ4v) is 3.30. The summed E-state index contributed by atoms with van der Waals surface area (Å²) in [6, 6.07) is 11.8. The number of benzene rings is 2. The van der Waals surface area contributed by atoms with E-state index in [1.54, 1.807) is 0 Å². The Bertz CT molecular complexity index is 763. The summed E-state index contributed by atoms with van der Waals surface area (Å²) in [5, 5.41) is 2.70. The molecular formula is C20H22F2N2O. The van der Waals surface area contributed by atoms with Crippen LogP contribution in [-0.4, -0.2) is 23.9 Å². The first kappa shape index (κ1) is 17.5. The highest BCUT2D eigenvalue weighted by Gasteiger charge is 2.26. The summed E-state index contributed by atoms with van der Waals surface area (Å²) < 4.78 is 26.3. The molecule has 1 fully saturated rings. The van der Waals surface area contributed by atoms with Crippen molar-refractivity contribution in [2.75, 3.05) is 18.4 Å². The van der Waals surface area contributed by atoms with Crippen molar-refractivity contribution in [3.8, 4) is 0 Å². The molecule has 132 valence electrons. The Balaban J connectivity index is 1.60. The predicted octanol–water partition coefficient (Wildman–Crippen LogP) is 4.12. The van der Waals surface area contributed by atoms with E-state index in [9.17, 15) is 13.6 Å². The standard InChI is InChI=1S/C20H22F2N2O/c1-14-4-2-5-15(10-14)12-24-9-3-6-16(13-24)20(25)23-17-7-8-18(21)19(22)11-17/h2,4-5,7-8,10-11,16H,3,6,9,12-13H2,1H3,(H,23,25). The van der Waals surface area contributed by atoms with Gasteiger partial charge in [0.15, 0.2) is 11.6 Å². The molecule has 1 amide bonds. The number of amides is 1. The van der Waals surface area contributed by atoms with Crippen LogP contribution in [0.4, 0.5) is 14.5 Å². The fourth-order valence-electron chi connectivity index (χ4n) is 3.30. The van der Waals surface area contributed by atoms with Gasteiger partial charge in [0, 0.05) is 24.8 Å². The van der Waals surface area contributed by atoms with Gasteiger partial charge in [0.05, 0.1) is 5.92 Å². The van der Waals surface area contributed by atoms with Crippen molar-refractivity contribution in [2.45, 2.75) is 26.3 Å². The summed E-state index contributed by atoms with van der Waals surface area (Å²) in [7, 11) is 0. The number of aryl methyl sites for hydroxylation is 1. The summed E-state index contributed by atoms with van der Waals surface area (Å²) in [6.45, 7) is 4.51. The monoisotopic (exact) mass is 344 g/mol. The molecule has 0 radical (unpaired) electrons.